The lowest BCUT2D eigenvalue weighted by molar-refractivity contribution is 0.724. The summed E-state index contributed by atoms with van der Waals surface area (Å²) in [6, 6.07) is 2.11. The summed E-state index contributed by atoms with van der Waals surface area (Å²) in [5.41, 5.74) is 1.19. The number of nitrogens with zero attached hydrogens (tertiary/aromatic N) is 2. The molecule has 0 bridgehead atoms. The van der Waals surface area contributed by atoms with E-state index in [1.165, 1.54) is 12.1 Å². The molecule has 76 valence electrons. The first-order chi connectivity index (χ1) is 6.66. The molecule has 1 aromatic heterocycles. The normalized spacial score (nSPS) is 24.8. The maximum atomic E-state index is 4.16. The number of hydrogen-bond donors (Lipinski definition) is 0. The second-order valence-electron chi connectivity index (χ2n) is 4.21. The molecule has 2 unspecified atom stereocenters. The largest absolute Gasteiger partial charge is 0.373 e. The van der Waals surface area contributed by atoms with E-state index in [0.29, 0.717) is 0 Å². The molecule has 1 heterocycles. The van der Waals surface area contributed by atoms with Crippen LogP contribution in [0.15, 0.2) is 22.9 Å². The Morgan fingerprint density at radius 2 is 2.29 bits per heavy atom. The Kier molecular flexibility index (Phi) is 2.77. The fourth-order valence-electron chi connectivity index (χ4n) is 1.72. The Hall–Kier alpha value is -0.570. The Morgan fingerprint density at radius 1 is 1.57 bits per heavy atom. The average Bonchev–Trinajstić information content (AvgIpc) is 2.81. The van der Waals surface area contributed by atoms with Gasteiger partial charge in [-0.2, -0.15) is 0 Å². The first-order valence-corrected chi connectivity index (χ1v) is 5.78. The van der Waals surface area contributed by atoms with Crippen LogP contribution < -0.4 is 4.90 Å². The summed E-state index contributed by atoms with van der Waals surface area (Å²) in [7, 11) is 2.13. The van der Waals surface area contributed by atoms with Crippen LogP contribution in [0.4, 0.5) is 5.69 Å². The summed E-state index contributed by atoms with van der Waals surface area (Å²) in [4.78, 5) is 6.45. The van der Waals surface area contributed by atoms with Crippen molar-refractivity contribution in [3.8, 4) is 0 Å². The van der Waals surface area contributed by atoms with Gasteiger partial charge in [0.2, 0.25) is 0 Å². The van der Waals surface area contributed by atoms with Crippen molar-refractivity contribution in [1.29, 1.82) is 0 Å². The first-order valence-electron chi connectivity index (χ1n) is 4.98. The Labute approximate surface area is 93.5 Å². The van der Waals surface area contributed by atoms with Crippen LogP contribution in [-0.4, -0.2) is 18.6 Å². The van der Waals surface area contributed by atoms with Crippen LogP contribution in [0, 0.1) is 11.8 Å². The molecule has 1 aromatic rings. The van der Waals surface area contributed by atoms with Gasteiger partial charge in [-0.3, -0.25) is 4.98 Å². The van der Waals surface area contributed by atoms with Gasteiger partial charge < -0.3 is 4.90 Å². The average molecular weight is 255 g/mol. The van der Waals surface area contributed by atoms with Gasteiger partial charge >= 0.3 is 0 Å². The second kappa shape index (κ2) is 3.89. The molecule has 1 aliphatic rings. The molecule has 1 aliphatic carbocycles. The van der Waals surface area contributed by atoms with Crippen LogP contribution in [0.2, 0.25) is 0 Å². The minimum Gasteiger partial charge on any atom is -0.373 e. The highest BCUT2D eigenvalue weighted by Gasteiger charge is 2.33. The van der Waals surface area contributed by atoms with E-state index in [1.807, 2.05) is 12.4 Å². The molecule has 0 N–H and O–H groups in total. The van der Waals surface area contributed by atoms with E-state index in [9.17, 15) is 0 Å². The maximum absolute atomic E-state index is 4.16. The van der Waals surface area contributed by atoms with Crippen LogP contribution in [0.25, 0.3) is 0 Å². The highest BCUT2D eigenvalue weighted by molar-refractivity contribution is 9.10. The van der Waals surface area contributed by atoms with E-state index in [-0.39, 0.29) is 0 Å². The highest BCUT2D eigenvalue weighted by atomic mass is 79.9. The van der Waals surface area contributed by atoms with Gasteiger partial charge in [0.25, 0.3) is 0 Å². The minimum absolute atomic E-state index is 0.888. The quantitative estimate of drug-likeness (QED) is 0.825. The summed E-state index contributed by atoms with van der Waals surface area (Å²) < 4.78 is 1.05. The number of rotatable bonds is 3. The summed E-state index contributed by atoms with van der Waals surface area (Å²) in [5, 5.41) is 0. The third-order valence-electron chi connectivity index (χ3n) is 2.92. The highest BCUT2D eigenvalue weighted by Crippen LogP contribution is 2.38. The van der Waals surface area contributed by atoms with Crippen molar-refractivity contribution in [3.05, 3.63) is 22.9 Å². The molecule has 3 heteroatoms. The zero-order chi connectivity index (χ0) is 10.1. The van der Waals surface area contributed by atoms with Crippen molar-refractivity contribution in [1.82, 2.24) is 4.98 Å². The van der Waals surface area contributed by atoms with Crippen molar-refractivity contribution in [2.45, 2.75) is 13.3 Å². The zero-order valence-corrected chi connectivity index (χ0v) is 10.2. The number of anilines is 1. The molecule has 0 saturated heterocycles. The molecular weight excluding hydrogens is 240 g/mol. The van der Waals surface area contributed by atoms with E-state index < -0.39 is 0 Å². The molecule has 0 aliphatic heterocycles. The zero-order valence-electron chi connectivity index (χ0n) is 8.57. The van der Waals surface area contributed by atoms with Gasteiger partial charge in [-0.15, -0.1) is 0 Å². The predicted octanol–water partition coefficient (Wildman–Crippen LogP) is 2.94. The standard InChI is InChI=1S/C11H15BrN2/c1-8-3-9(8)7-14(2)11-4-10(12)5-13-6-11/h4-6,8-9H,3,7H2,1-2H3. The van der Waals surface area contributed by atoms with Crippen molar-refractivity contribution in [2.24, 2.45) is 11.8 Å². The van der Waals surface area contributed by atoms with Gasteiger partial charge in [-0.1, -0.05) is 6.92 Å². The third kappa shape index (κ3) is 2.27. The summed E-state index contributed by atoms with van der Waals surface area (Å²) in [6.45, 7) is 3.47. The molecule has 1 fully saturated rings. The van der Waals surface area contributed by atoms with Crippen molar-refractivity contribution >= 4 is 21.6 Å². The Balaban J connectivity index is 2.00. The second-order valence-corrected chi connectivity index (χ2v) is 5.13. The van der Waals surface area contributed by atoms with Gasteiger partial charge in [-0.25, -0.2) is 0 Å². The first kappa shape index (κ1) is 9.97. The fourth-order valence-corrected chi connectivity index (χ4v) is 2.07. The predicted molar refractivity (Wildman–Crippen MR) is 62.5 cm³/mol. The lowest BCUT2D eigenvalue weighted by atomic mass is 10.3. The lowest BCUT2D eigenvalue weighted by Crippen LogP contribution is -2.20. The monoisotopic (exact) mass is 254 g/mol. The summed E-state index contributed by atoms with van der Waals surface area (Å²) in [5.74, 6) is 1.80. The maximum Gasteiger partial charge on any atom is 0.0561 e. The van der Waals surface area contributed by atoms with Gasteiger partial charge in [0.15, 0.2) is 0 Å². The lowest BCUT2D eigenvalue weighted by Gasteiger charge is -2.18. The van der Waals surface area contributed by atoms with Crippen molar-refractivity contribution in [2.75, 3.05) is 18.5 Å². The molecule has 0 aromatic carbocycles. The van der Waals surface area contributed by atoms with E-state index in [1.54, 1.807) is 0 Å². The fraction of sp³-hybridized carbons (Fsp3) is 0.545. The van der Waals surface area contributed by atoms with E-state index in [2.05, 4.69) is 45.9 Å². The van der Waals surface area contributed by atoms with Crippen LogP contribution >= 0.6 is 15.9 Å². The van der Waals surface area contributed by atoms with Crippen LogP contribution in [0.5, 0.6) is 0 Å². The van der Waals surface area contributed by atoms with Crippen LogP contribution in [0.3, 0.4) is 0 Å². The third-order valence-corrected chi connectivity index (χ3v) is 3.35. The molecule has 1 saturated carbocycles. The van der Waals surface area contributed by atoms with Crippen LogP contribution in [-0.2, 0) is 0 Å². The topological polar surface area (TPSA) is 16.1 Å². The van der Waals surface area contributed by atoms with Gasteiger partial charge in [0, 0.05) is 24.3 Å². The molecule has 0 amide bonds. The molecule has 0 spiro atoms. The summed E-state index contributed by atoms with van der Waals surface area (Å²) >= 11 is 3.43. The molecule has 2 atom stereocenters. The molecular formula is C11H15BrN2. The molecule has 0 radical (unpaired) electrons. The summed E-state index contributed by atoms with van der Waals surface area (Å²) in [6.07, 6.45) is 5.11. The van der Waals surface area contributed by atoms with Gasteiger partial charge in [0.05, 0.1) is 11.9 Å². The van der Waals surface area contributed by atoms with Crippen LogP contribution in [0.1, 0.15) is 13.3 Å². The molecule has 2 rings (SSSR count). The van der Waals surface area contributed by atoms with E-state index in [4.69, 9.17) is 0 Å². The minimum atomic E-state index is 0.888. The SMILES string of the molecule is CC1CC1CN(C)c1cncc(Br)c1. The Bertz CT molecular complexity index is 327. The number of halogens is 1. The van der Waals surface area contributed by atoms with Gasteiger partial charge in [-0.05, 0) is 40.3 Å². The molecule has 2 nitrogen and oxygen atoms in total. The Morgan fingerprint density at radius 3 is 2.86 bits per heavy atom. The van der Waals surface area contributed by atoms with Crippen molar-refractivity contribution in [3.63, 3.8) is 0 Å². The number of hydrogen-bond acceptors (Lipinski definition) is 2. The van der Waals surface area contributed by atoms with Crippen molar-refractivity contribution < 1.29 is 0 Å². The number of aromatic nitrogens is 1. The van der Waals surface area contributed by atoms with Gasteiger partial charge in [0.1, 0.15) is 0 Å². The van der Waals surface area contributed by atoms with E-state index >= 15 is 0 Å². The van der Waals surface area contributed by atoms with E-state index in [0.717, 1.165) is 22.9 Å². The smallest absolute Gasteiger partial charge is 0.0561 e. The number of pyridine rings is 1. The molecule has 14 heavy (non-hydrogen) atoms.